The third-order valence-corrected chi connectivity index (χ3v) is 3.70. The van der Waals surface area contributed by atoms with Crippen LogP contribution in [-0.4, -0.2) is 12.6 Å². The molecule has 96 valence electrons. The lowest BCUT2D eigenvalue weighted by Gasteiger charge is -2.27. The lowest BCUT2D eigenvalue weighted by molar-refractivity contribution is 0.367. The van der Waals surface area contributed by atoms with Crippen molar-refractivity contribution in [2.24, 2.45) is 5.41 Å². The number of benzene rings is 1. The summed E-state index contributed by atoms with van der Waals surface area (Å²) in [5, 5.41) is 12.9. The van der Waals surface area contributed by atoms with Gasteiger partial charge in [-0.25, -0.2) is 0 Å². The van der Waals surface area contributed by atoms with Crippen LogP contribution in [0.2, 0.25) is 0 Å². The normalized spacial score (nSPS) is 25.4. The van der Waals surface area contributed by atoms with Crippen LogP contribution >= 0.6 is 0 Å². The van der Waals surface area contributed by atoms with Crippen molar-refractivity contribution in [2.75, 3.05) is 12.4 Å². The van der Waals surface area contributed by atoms with Gasteiger partial charge in [-0.05, 0) is 36.8 Å². The topological polar surface area (TPSA) is 45.0 Å². The molecule has 0 bridgehead atoms. The van der Waals surface area contributed by atoms with Crippen molar-refractivity contribution in [3.63, 3.8) is 0 Å². The summed E-state index contributed by atoms with van der Waals surface area (Å²) in [6, 6.07) is 10.2. The molecule has 1 unspecified atom stereocenters. The number of hydrogen-bond acceptors (Lipinski definition) is 3. The Kier molecular flexibility index (Phi) is 3.21. The second-order valence-corrected chi connectivity index (χ2v) is 5.86. The summed E-state index contributed by atoms with van der Waals surface area (Å²) in [7, 11) is 1.65. The Balaban J connectivity index is 2.25. The minimum absolute atomic E-state index is 0.227. The van der Waals surface area contributed by atoms with Crippen molar-refractivity contribution in [3.05, 3.63) is 24.3 Å². The van der Waals surface area contributed by atoms with E-state index in [0.717, 1.165) is 30.7 Å². The molecular formula is C15H20N2O. The molecule has 1 N–H and O–H groups in total. The highest BCUT2D eigenvalue weighted by Gasteiger charge is 2.43. The Labute approximate surface area is 109 Å². The van der Waals surface area contributed by atoms with Crippen LogP contribution in [0.1, 0.15) is 33.1 Å². The molecule has 0 aromatic heterocycles. The predicted molar refractivity (Wildman–Crippen MR) is 72.6 cm³/mol. The van der Waals surface area contributed by atoms with Gasteiger partial charge in [-0.1, -0.05) is 26.0 Å². The average molecular weight is 244 g/mol. The number of anilines is 1. The number of nitriles is 1. The number of nitrogens with zero attached hydrogens (tertiary/aromatic N) is 1. The monoisotopic (exact) mass is 244 g/mol. The maximum Gasteiger partial charge on any atom is 0.141 e. The van der Waals surface area contributed by atoms with Crippen LogP contribution in [0, 0.1) is 16.7 Å². The van der Waals surface area contributed by atoms with Crippen molar-refractivity contribution in [2.45, 2.75) is 38.6 Å². The van der Waals surface area contributed by atoms with Crippen LogP contribution in [0.3, 0.4) is 0 Å². The molecule has 1 aliphatic rings. The van der Waals surface area contributed by atoms with Crippen LogP contribution in [0.4, 0.5) is 5.69 Å². The number of methoxy groups -OCH3 is 1. The molecule has 1 fully saturated rings. The molecule has 0 amide bonds. The Morgan fingerprint density at radius 3 is 2.56 bits per heavy atom. The molecule has 0 spiro atoms. The van der Waals surface area contributed by atoms with Gasteiger partial charge in [-0.15, -0.1) is 0 Å². The van der Waals surface area contributed by atoms with E-state index >= 15 is 0 Å². The van der Waals surface area contributed by atoms with E-state index in [4.69, 9.17) is 4.74 Å². The second-order valence-electron chi connectivity index (χ2n) is 5.86. The molecule has 2 rings (SSSR count). The van der Waals surface area contributed by atoms with Crippen LogP contribution in [-0.2, 0) is 0 Å². The van der Waals surface area contributed by atoms with Crippen molar-refractivity contribution < 1.29 is 4.74 Å². The molecule has 3 heteroatoms. The molecule has 1 aromatic carbocycles. The van der Waals surface area contributed by atoms with Gasteiger partial charge >= 0.3 is 0 Å². The fraction of sp³-hybridized carbons (Fsp3) is 0.533. The first-order chi connectivity index (χ1) is 8.50. The molecule has 1 atom stereocenters. The first kappa shape index (κ1) is 12.8. The van der Waals surface area contributed by atoms with Gasteiger partial charge < -0.3 is 10.1 Å². The third-order valence-electron chi connectivity index (χ3n) is 3.70. The highest BCUT2D eigenvalue weighted by atomic mass is 16.5. The molecule has 1 aliphatic carbocycles. The molecule has 3 nitrogen and oxygen atoms in total. The predicted octanol–water partition coefficient (Wildman–Crippen LogP) is 3.58. The first-order valence-electron chi connectivity index (χ1n) is 6.33. The van der Waals surface area contributed by atoms with Gasteiger partial charge in [0.1, 0.15) is 11.3 Å². The Bertz CT molecular complexity index is 476. The van der Waals surface area contributed by atoms with Crippen molar-refractivity contribution >= 4 is 5.69 Å². The lowest BCUT2D eigenvalue weighted by atomic mass is 9.88. The number of nitrogens with one attached hydrogen (secondary N) is 1. The lowest BCUT2D eigenvalue weighted by Crippen LogP contribution is -2.34. The smallest absolute Gasteiger partial charge is 0.141 e. The zero-order valence-corrected chi connectivity index (χ0v) is 11.3. The summed E-state index contributed by atoms with van der Waals surface area (Å²) in [4.78, 5) is 0. The van der Waals surface area contributed by atoms with E-state index in [9.17, 15) is 5.26 Å². The van der Waals surface area contributed by atoms with E-state index in [1.54, 1.807) is 7.11 Å². The molecule has 0 saturated heterocycles. The maximum absolute atomic E-state index is 9.52. The SMILES string of the molecule is COc1ccccc1NC1(C#N)CCC(C)(C)C1. The van der Waals surface area contributed by atoms with Crippen molar-refractivity contribution in [1.29, 1.82) is 5.26 Å². The van der Waals surface area contributed by atoms with E-state index in [2.05, 4.69) is 25.2 Å². The minimum atomic E-state index is -0.460. The highest BCUT2D eigenvalue weighted by Crippen LogP contribution is 2.45. The summed E-state index contributed by atoms with van der Waals surface area (Å²) in [6.45, 7) is 4.44. The fourth-order valence-electron chi connectivity index (χ4n) is 2.78. The van der Waals surface area contributed by atoms with Gasteiger partial charge in [0.2, 0.25) is 0 Å². The largest absolute Gasteiger partial charge is 0.495 e. The molecular weight excluding hydrogens is 224 g/mol. The van der Waals surface area contributed by atoms with Crippen LogP contribution < -0.4 is 10.1 Å². The first-order valence-corrected chi connectivity index (χ1v) is 6.33. The zero-order chi connectivity index (χ0) is 13.2. The van der Waals surface area contributed by atoms with Crippen LogP contribution in [0.5, 0.6) is 5.75 Å². The van der Waals surface area contributed by atoms with Gasteiger partial charge in [0.15, 0.2) is 0 Å². The van der Waals surface area contributed by atoms with Gasteiger partial charge in [0.25, 0.3) is 0 Å². The molecule has 1 saturated carbocycles. The van der Waals surface area contributed by atoms with Gasteiger partial charge in [-0.3, -0.25) is 0 Å². The number of rotatable bonds is 3. The Morgan fingerprint density at radius 2 is 2.00 bits per heavy atom. The van der Waals surface area contributed by atoms with Crippen molar-refractivity contribution in [3.8, 4) is 11.8 Å². The second kappa shape index (κ2) is 4.53. The van der Waals surface area contributed by atoms with Gasteiger partial charge in [0, 0.05) is 0 Å². The van der Waals surface area contributed by atoms with E-state index in [1.165, 1.54) is 0 Å². The molecule has 0 aliphatic heterocycles. The van der Waals surface area contributed by atoms with Gasteiger partial charge in [-0.2, -0.15) is 5.26 Å². The van der Waals surface area contributed by atoms with Crippen LogP contribution in [0.25, 0.3) is 0 Å². The summed E-state index contributed by atoms with van der Waals surface area (Å²) in [5.74, 6) is 0.789. The number of ether oxygens (including phenoxy) is 1. The summed E-state index contributed by atoms with van der Waals surface area (Å²) >= 11 is 0. The van der Waals surface area contributed by atoms with E-state index < -0.39 is 5.54 Å². The van der Waals surface area contributed by atoms with Gasteiger partial charge in [0.05, 0.1) is 18.9 Å². The summed E-state index contributed by atoms with van der Waals surface area (Å²) in [5.41, 5.74) is 0.669. The minimum Gasteiger partial charge on any atom is -0.495 e. The Hall–Kier alpha value is -1.69. The molecule has 18 heavy (non-hydrogen) atoms. The standard InChI is InChI=1S/C15H20N2O/c1-14(2)8-9-15(10-14,11-16)17-12-6-4-5-7-13(12)18-3/h4-7,17H,8-10H2,1-3H3. The fourth-order valence-corrected chi connectivity index (χ4v) is 2.78. The van der Waals surface area contributed by atoms with Crippen LogP contribution in [0.15, 0.2) is 24.3 Å². The summed E-state index contributed by atoms with van der Waals surface area (Å²) in [6.07, 6.45) is 2.83. The average Bonchev–Trinajstić information content (AvgIpc) is 2.66. The maximum atomic E-state index is 9.52. The highest BCUT2D eigenvalue weighted by molar-refractivity contribution is 5.59. The Morgan fingerprint density at radius 1 is 1.28 bits per heavy atom. The molecule has 0 radical (unpaired) electrons. The number of para-hydroxylation sites is 2. The quantitative estimate of drug-likeness (QED) is 0.884. The zero-order valence-electron chi connectivity index (χ0n) is 11.3. The van der Waals surface area contributed by atoms with E-state index in [1.807, 2.05) is 24.3 Å². The number of hydrogen-bond donors (Lipinski definition) is 1. The summed E-state index contributed by atoms with van der Waals surface area (Å²) < 4.78 is 5.33. The van der Waals surface area contributed by atoms with E-state index in [-0.39, 0.29) is 5.41 Å². The molecule has 0 heterocycles. The van der Waals surface area contributed by atoms with Crippen molar-refractivity contribution in [1.82, 2.24) is 0 Å². The van der Waals surface area contributed by atoms with E-state index in [0.29, 0.717) is 0 Å². The third kappa shape index (κ3) is 2.43. The molecule has 1 aromatic rings.